The number of carbonyl (C=O) groups is 1. The highest BCUT2D eigenvalue weighted by Crippen LogP contribution is 2.11. The number of aromatic nitrogens is 4. The molecule has 1 aromatic heterocycles. The van der Waals surface area contributed by atoms with Crippen molar-refractivity contribution in [1.82, 2.24) is 20.2 Å². The zero-order valence-electron chi connectivity index (χ0n) is 9.58. The second-order valence-electron chi connectivity index (χ2n) is 2.80. The molecule has 0 unspecified atom stereocenters. The summed E-state index contributed by atoms with van der Waals surface area (Å²) in [4.78, 5) is 12.6. The first-order chi connectivity index (χ1) is 7.79. The van der Waals surface area contributed by atoms with Crippen LogP contribution in [0.2, 0.25) is 0 Å². The molecule has 0 aliphatic rings. The van der Waals surface area contributed by atoms with Crippen LogP contribution in [0.4, 0.5) is 0 Å². The highest BCUT2D eigenvalue weighted by atomic mass is 16.1. The number of Topliss-reactive ketones (excluding diaryl/α,β-unsaturated/α-hetero) is 1. The van der Waals surface area contributed by atoms with Crippen molar-refractivity contribution >= 4 is 5.78 Å². The van der Waals surface area contributed by atoms with Gasteiger partial charge in [-0.25, -0.2) is 0 Å². The van der Waals surface area contributed by atoms with Crippen molar-refractivity contribution in [2.45, 2.75) is 20.8 Å². The highest BCUT2D eigenvalue weighted by molar-refractivity contribution is 5.97. The SMILES string of the molecule is CC.CC(=O)c1ccccc1-n1ncnn1. The third-order valence-electron chi connectivity index (χ3n) is 1.85. The van der Waals surface area contributed by atoms with Crippen LogP contribution in [-0.2, 0) is 0 Å². The molecular formula is C11H14N4O. The van der Waals surface area contributed by atoms with E-state index in [0.29, 0.717) is 11.3 Å². The lowest BCUT2D eigenvalue weighted by Gasteiger charge is -2.03. The summed E-state index contributed by atoms with van der Waals surface area (Å²) in [7, 11) is 0. The maximum Gasteiger partial charge on any atom is 0.162 e. The molecule has 0 saturated carbocycles. The molecule has 16 heavy (non-hydrogen) atoms. The van der Waals surface area contributed by atoms with E-state index in [1.54, 1.807) is 18.2 Å². The number of rotatable bonds is 2. The molecule has 0 atom stereocenters. The molecule has 2 rings (SSSR count). The monoisotopic (exact) mass is 218 g/mol. The summed E-state index contributed by atoms with van der Waals surface area (Å²) < 4.78 is 0. The fourth-order valence-electron chi connectivity index (χ4n) is 1.22. The van der Waals surface area contributed by atoms with Gasteiger partial charge in [0.25, 0.3) is 0 Å². The smallest absolute Gasteiger partial charge is 0.162 e. The van der Waals surface area contributed by atoms with Crippen LogP contribution in [0.15, 0.2) is 30.6 Å². The van der Waals surface area contributed by atoms with E-state index in [1.165, 1.54) is 18.0 Å². The molecule has 0 aliphatic heterocycles. The second-order valence-corrected chi connectivity index (χ2v) is 2.80. The fourth-order valence-corrected chi connectivity index (χ4v) is 1.22. The number of hydrogen-bond acceptors (Lipinski definition) is 4. The van der Waals surface area contributed by atoms with Gasteiger partial charge in [-0.1, -0.05) is 26.0 Å². The lowest BCUT2D eigenvalue weighted by molar-refractivity contribution is 0.101. The molecule has 2 aromatic rings. The molecule has 0 aliphatic carbocycles. The van der Waals surface area contributed by atoms with Gasteiger partial charge >= 0.3 is 0 Å². The molecule has 1 aromatic carbocycles. The Hall–Kier alpha value is -2.04. The molecule has 0 amide bonds. The van der Waals surface area contributed by atoms with Crippen molar-refractivity contribution in [3.8, 4) is 5.69 Å². The summed E-state index contributed by atoms with van der Waals surface area (Å²) in [5, 5.41) is 11.2. The Morgan fingerprint density at radius 2 is 1.94 bits per heavy atom. The van der Waals surface area contributed by atoms with Gasteiger partial charge in [0.05, 0.1) is 5.69 Å². The quantitative estimate of drug-likeness (QED) is 0.722. The van der Waals surface area contributed by atoms with Crippen molar-refractivity contribution in [2.24, 2.45) is 0 Å². The van der Waals surface area contributed by atoms with Crippen LogP contribution in [0, 0.1) is 0 Å². The van der Waals surface area contributed by atoms with E-state index < -0.39 is 0 Å². The van der Waals surface area contributed by atoms with E-state index >= 15 is 0 Å². The lowest BCUT2D eigenvalue weighted by atomic mass is 10.1. The van der Waals surface area contributed by atoms with Crippen LogP contribution >= 0.6 is 0 Å². The average Bonchev–Trinajstić information content (AvgIpc) is 2.85. The van der Waals surface area contributed by atoms with Gasteiger partial charge in [-0.05, 0) is 24.3 Å². The summed E-state index contributed by atoms with van der Waals surface area (Å²) in [5.74, 6) is -0.0158. The molecule has 5 nitrogen and oxygen atoms in total. The van der Waals surface area contributed by atoms with Gasteiger partial charge in [-0.2, -0.15) is 0 Å². The average molecular weight is 218 g/mol. The Labute approximate surface area is 94.1 Å². The molecule has 5 heteroatoms. The second kappa shape index (κ2) is 5.75. The Bertz CT molecular complexity index is 451. The van der Waals surface area contributed by atoms with E-state index in [2.05, 4.69) is 15.4 Å². The van der Waals surface area contributed by atoms with Crippen molar-refractivity contribution in [2.75, 3.05) is 0 Å². The third-order valence-corrected chi connectivity index (χ3v) is 1.85. The Morgan fingerprint density at radius 1 is 1.25 bits per heavy atom. The van der Waals surface area contributed by atoms with Crippen LogP contribution in [0.1, 0.15) is 31.1 Å². The van der Waals surface area contributed by atoms with E-state index in [1.807, 2.05) is 19.9 Å². The Morgan fingerprint density at radius 3 is 2.50 bits per heavy atom. The molecule has 0 fully saturated rings. The van der Waals surface area contributed by atoms with Crippen LogP contribution in [0.25, 0.3) is 5.69 Å². The number of benzene rings is 1. The minimum Gasteiger partial charge on any atom is -0.294 e. The predicted octanol–water partition coefficient (Wildman–Crippen LogP) is 1.89. The van der Waals surface area contributed by atoms with Crippen molar-refractivity contribution in [1.29, 1.82) is 0 Å². The first-order valence-electron chi connectivity index (χ1n) is 5.12. The van der Waals surface area contributed by atoms with Gasteiger partial charge in [0.1, 0.15) is 0 Å². The van der Waals surface area contributed by atoms with Crippen molar-refractivity contribution < 1.29 is 4.79 Å². The molecule has 0 spiro atoms. The highest BCUT2D eigenvalue weighted by Gasteiger charge is 2.08. The maximum absolute atomic E-state index is 11.3. The molecule has 1 heterocycles. The summed E-state index contributed by atoms with van der Waals surface area (Å²) in [6, 6.07) is 7.14. The molecule has 0 radical (unpaired) electrons. The Kier molecular flexibility index (Phi) is 4.32. The van der Waals surface area contributed by atoms with Gasteiger partial charge in [0.15, 0.2) is 12.1 Å². The number of nitrogens with zero attached hydrogens (tertiary/aromatic N) is 4. The predicted molar refractivity (Wildman–Crippen MR) is 60.5 cm³/mol. The summed E-state index contributed by atoms with van der Waals surface area (Å²) in [6.45, 7) is 5.51. The number of hydrogen-bond donors (Lipinski definition) is 0. The third kappa shape index (κ3) is 2.50. The van der Waals surface area contributed by atoms with Gasteiger partial charge in [0, 0.05) is 5.56 Å². The molecule has 0 N–H and O–H groups in total. The van der Waals surface area contributed by atoms with Crippen molar-refractivity contribution in [3.63, 3.8) is 0 Å². The van der Waals surface area contributed by atoms with E-state index in [-0.39, 0.29) is 5.78 Å². The first-order valence-corrected chi connectivity index (χ1v) is 5.12. The number of carbonyl (C=O) groups excluding carboxylic acids is 1. The molecule has 0 saturated heterocycles. The zero-order valence-corrected chi connectivity index (χ0v) is 9.58. The molecule has 0 bridgehead atoms. The minimum absolute atomic E-state index is 0.0158. The normalized spacial score (nSPS) is 9.19. The summed E-state index contributed by atoms with van der Waals surface area (Å²) in [6.07, 6.45) is 1.33. The lowest BCUT2D eigenvalue weighted by Crippen LogP contribution is -2.05. The Balaban J connectivity index is 0.000000606. The number of tetrazole rings is 1. The van der Waals surface area contributed by atoms with Crippen LogP contribution < -0.4 is 0 Å². The van der Waals surface area contributed by atoms with Crippen LogP contribution in [0.3, 0.4) is 0 Å². The van der Waals surface area contributed by atoms with E-state index in [4.69, 9.17) is 0 Å². The fraction of sp³-hybridized carbons (Fsp3) is 0.273. The maximum atomic E-state index is 11.3. The van der Waals surface area contributed by atoms with E-state index in [9.17, 15) is 4.79 Å². The van der Waals surface area contributed by atoms with Gasteiger partial charge in [-0.3, -0.25) is 4.79 Å². The topological polar surface area (TPSA) is 60.7 Å². The molecular weight excluding hydrogens is 204 g/mol. The number of ketones is 1. The summed E-state index contributed by atoms with van der Waals surface area (Å²) in [5.41, 5.74) is 1.24. The van der Waals surface area contributed by atoms with Gasteiger partial charge in [0.2, 0.25) is 0 Å². The number of para-hydroxylation sites is 1. The van der Waals surface area contributed by atoms with Crippen LogP contribution in [0.5, 0.6) is 0 Å². The molecule has 84 valence electrons. The summed E-state index contributed by atoms with van der Waals surface area (Å²) >= 11 is 0. The van der Waals surface area contributed by atoms with Gasteiger partial charge in [-0.15, -0.1) is 15.0 Å². The van der Waals surface area contributed by atoms with Gasteiger partial charge < -0.3 is 0 Å². The largest absolute Gasteiger partial charge is 0.294 e. The zero-order chi connectivity index (χ0) is 12.0. The standard InChI is InChI=1S/C9H8N4O.C2H6/c1-7(14)8-4-2-3-5-9(8)13-11-6-10-12-13;1-2/h2-6H,1H3;1-2H3. The minimum atomic E-state index is -0.0158. The van der Waals surface area contributed by atoms with Crippen molar-refractivity contribution in [3.05, 3.63) is 36.2 Å². The first kappa shape index (κ1) is 12.0. The van der Waals surface area contributed by atoms with Crippen LogP contribution in [-0.4, -0.2) is 26.0 Å². The van der Waals surface area contributed by atoms with E-state index in [0.717, 1.165) is 0 Å².